The topological polar surface area (TPSA) is 63.9 Å². The Morgan fingerprint density at radius 3 is 2.94 bits per heavy atom. The molecule has 1 aromatic heterocycles. The fourth-order valence-corrected chi connectivity index (χ4v) is 2.30. The highest BCUT2D eigenvalue weighted by Crippen LogP contribution is 2.44. The van der Waals surface area contributed by atoms with Crippen molar-refractivity contribution in [2.75, 3.05) is 6.61 Å². The highest BCUT2D eigenvalue weighted by Gasteiger charge is 2.41. The van der Waals surface area contributed by atoms with Crippen LogP contribution < -0.4 is 0 Å². The molecule has 0 radical (unpaired) electrons. The van der Waals surface area contributed by atoms with Crippen molar-refractivity contribution in [3.05, 3.63) is 35.7 Å². The molecule has 2 rings (SSSR count). The molecule has 5 nitrogen and oxygen atoms in total. The molecule has 94 valence electrons. The van der Waals surface area contributed by atoms with E-state index in [1.54, 1.807) is 25.3 Å². The summed E-state index contributed by atoms with van der Waals surface area (Å²) in [4.78, 5) is 16.1. The van der Waals surface area contributed by atoms with Gasteiger partial charge in [-0.25, -0.2) is 4.79 Å². The lowest BCUT2D eigenvalue weighted by molar-refractivity contribution is -0.138. The quantitative estimate of drug-likeness (QED) is 0.291. The van der Waals surface area contributed by atoms with Crippen molar-refractivity contribution in [1.82, 2.24) is 4.98 Å². The van der Waals surface area contributed by atoms with Crippen LogP contribution in [0.4, 0.5) is 0 Å². The van der Waals surface area contributed by atoms with Gasteiger partial charge in [-0.3, -0.25) is 4.98 Å². The highest BCUT2D eigenvalue weighted by molar-refractivity contribution is 14.1. The first-order valence-corrected chi connectivity index (χ1v) is 6.76. The minimum absolute atomic E-state index is 0.290. The first-order chi connectivity index (χ1) is 8.56. The number of esters is 1. The molecule has 0 amide bonds. The van der Waals surface area contributed by atoms with Gasteiger partial charge in [-0.05, 0) is 41.6 Å². The van der Waals surface area contributed by atoms with Crippen molar-refractivity contribution >= 4 is 46.9 Å². The lowest BCUT2D eigenvalue weighted by atomic mass is 10.1. The number of hydrogen-bond donors (Lipinski definition) is 1. The van der Waals surface area contributed by atoms with E-state index in [0.717, 1.165) is 0 Å². The van der Waals surface area contributed by atoms with Crippen LogP contribution >= 0.6 is 35.2 Å². The van der Waals surface area contributed by atoms with Gasteiger partial charge in [0.05, 0.1) is 12.3 Å². The van der Waals surface area contributed by atoms with Crippen LogP contribution in [0.2, 0.25) is 0 Å². The van der Waals surface area contributed by atoms with Gasteiger partial charge in [0.25, 0.3) is 0 Å². The monoisotopic (exact) mass is 375 g/mol. The summed E-state index contributed by atoms with van der Waals surface area (Å²) in [6.45, 7) is 2.04. The van der Waals surface area contributed by atoms with E-state index in [-0.39, 0.29) is 0 Å². The van der Waals surface area contributed by atoms with Gasteiger partial charge < -0.3 is 4.74 Å². The van der Waals surface area contributed by atoms with Crippen molar-refractivity contribution in [1.29, 1.82) is 0 Å². The molecule has 1 aliphatic heterocycles. The summed E-state index contributed by atoms with van der Waals surface area (Å²) in [5.74, 6) is -0.465. The van der Waals surface area contributed by atoms with E-state index in [0.29, 0.717) is 23.6 Å². The number of thiol groups is 1. The van der Waals surface area contributed by atoms with Crippen LogP contribution in [0.5, 0.6) is 0 Å². The van der Waals surface area contributed by atoms with Crippen molar-refractivity contribution in [3.8, 4) is 0 Å². The van der Waals surface area contributed by atoms with E-state index in [1.807, 2.05) is 28.7 Å². The molecule has 1 aromatic rings. The van der Waals surface area contributed by atoms with E-state index in [2.05, 4.69) is 27.8 Å². The van der Waals surface area contributed by atoms with Crippen LogP contribution in [0.1, 0.15) is 12.6 Å². The largest absolute Gasteiger partial charge is 0.462 e. The number of ether oxygens (including phenoxy) is 1. The molecule has 0 aromatic carbocycles. The van der Waals surface area contributed by atoms with Gasteiger partial charge in [-0.15, -0.1) is 12.6 Å². The molecule has 7 heteroatoms. The minimum atomic E-state index is -1.00. The average Bonchev–Trinajstić information content (AvgIpc) is 2.66. The average molecular weight is 375 g/mol. The summed E-state index contributed by atoms with van der Waals surface area (Å²) in [6, 6.07) is 5.37. The SMILES string of the molecule is CCOC(=O)C1=C(c2ccccn2)N=NC1(S)I. The molecule has 2 heterocycles. The molecule has 0 saturated heterocycles. The maximum absolute atomic E-state index is 12.0. The van der Waals surface area contributed by atoms with Crippen LogP contribution in [0.15, 0.2) is 40.2 Å². The Morgan fingerprint density at radius 1 is 1.56 bits per heavy atom. The van der Waals surface area contributed by atoms with Crippen LogP contribution in [-0.2, 0) is 9.53 Å². The van der Waals surface area contributed by atoms with Crippen LogP contribution in [-0.4, -0.2) is 20.4 Å². The Labute approximate surface area is 123 Å². The number of halogens is 1. The third kappa shape index (κ3) is 2.56. The van der Waals surface area contributed by atoms with Gasteiger partial charge in [0.1, 0.15) is 11.3 Å². The lowest BCUT2D eigenvalue weighted by Gasteiger charge is -2.13. The summed E-state index contributed by atoms with van der Waals surface area (Å²) in [7, 11) is 0. The van der Waals surface area contributed by atoms with Crippen molar-refractivity contribution in [2.24, 2.45) is 10.2 Å². The Hall–Kier alpha value is -0.960. The van der Waals surface area contributed by atoms with Crippen molar-refractivity contribution in [3.63, 3.8) is 0 Å². The van der Waals surface area contributed by atoms with Gasteiger partial charge in [0, 0.05) is 6.20 Å². The number of azo groups is 1. The summed E-state index contributed by atoms with van der Waals surface area (Å²) < 4.78 is 4.01. The van der Waals surface area contributed by atoms with Gasteiger partial charge in [-0.2, -0.15) is 10.2 Å². The number of hydrogen-bond acceptors (Lipinski definition) is 6. The third-order valence-electron chi connectivity index (χ3n) is 2.22. The maximum Gasteiger partial charge on any atom is 0.340 e. The summed E-state index contributed by atoms with van der Waals surface area (Å²) >= 11 is 6.27. The molecule has 18 heavy (non-hydrogen) atoms. The number of carbonyl (C=O) groups excluding carboxylic acids is 1. The highest BCUT2D eigenvalue weighted by atomic mass is 127. The first kappa shape index (κ1) is 13.5. The van der Waals surface area contributed by atoms with Gasteiger partial charge in [-0.1, -0.05) is 6.07 Å². The Kier molecular flexibility index (Phi) is 4.00. The molecule has 1 aliphatic rings. The summed E-state index contributed by atoms with van der Waals surface area (Å²) in [5, 5.41) is 7.97. The molecule has 0 aliphatic carbocycles. The molecule has 1 unspecified atom stereocenters. The van der Waals surface area contributed by atoms with Gasteiger partial charge >= 0.3 is 5.97 Å². The van der Waals surface area contributed by atoms with Crippen LogP contribution in [0, 0.1) is 0 Å². The Bertz CT molecular complexity index is 528. The second-order valence-electron chi connectivity index (χ2n) is 3.45. The number of aromatic nitrogens is 1. The van der Waals surface area contributed by atoms with Crippen LogP contribution in [0.3, 0.4) is 0 Å². The predicted octanol–water partition coefficient (Wildman–Crippen LogP) is 2.84. The predicted molar refractivity (Wildman–Crippen MR) is 78.4 cm³/mol. The van der Waals surface area contributed by atoms with Crippen LogP contribution in [0.25, 0.3) is 5.70 Å². The number of rotatable bonds is 3. The molecular formula is C11H10IN3O2S. The zero-order valence-electron chi connectivity index (χ0n) is 9.50. The van der Waals surface area contributed by atoms with Crippen molar-refractivity contribution in [2.45, 2.75) is 9.80 Å². The maximum atomic E-state index is 12.0. The molecule has 0 bridgehead atoms. The Balaban J connectivity index is 2.50. The minimum Gasteiger partial charge on any atom is -0.462 e. The smallest absolute Gasteiger partial charge is 0.340 e. The van der Waals surface area contributed by atoms with E-state index in [4.69, 9.17) is 4.74 Å². The normalized spacial score (nSPS) is 22.4. The molecule has 1 atom stereocenters. The van der Waals surface area contributed by atoms with Crippen molar-refractivity contribution < 1.29 is 9.53 Å². The van der Waals surface area contributed by atoms with E-state index >= 15 is 0 Å². The molecule has 0 saturated carbocycles. The second-order valence-corrected chi connectivity index (χ2v) is 6.51. The van der Waals surface area contributed by atoms with E-state index in [1.165, 1.54) is 0 Å². The molecule has 0 spiro atoms. The van der Waals surface area contributed by atoms with Gasteiger partial charge in [0.15, 0.2) is 0 Å². The fourth-order valence-electron chi connectivity index (χ4n) is 1.48. The number of carbonyl (C=O) groups is 1. The lowest BCUT2D eigenvalue weighted by Crippen LogP contribution is -2.20. The standard InChI is InChI=1S/C11H10IN3O2S/c1-2-17-10(16)8-9(14-15-11(8,12)18)7-5-3-4-6-13-7/h3-6,18H,2H2,1H3. The molecule has 0 fully saturated rings. The zero-order chi connectivity index (χ0) is 13.2. The first-order valence-electron chi connectivity index (χ1n) is 5.23. The van der Waals surface area contributed by atoms with E-state index in [9.17, 15) is 4.79 Å². The fraction of sp³-hybridized carbons (Fsp3) is 0.273. The van der Waals surface area contributed by atoms with E-state index < -0.39 is 8.85 Å². The number of alkyl halides is 1. The summed E-state index contributed by atoms with van der Waals surface area (Å²) in [5.41, 5.74) is 1.31. The summed E-state index contributed by atoms with van der Waals surface area (Å²) in [6.07, 6.45) is 1.63. The zero-order valence-corrected chi connectivity index (χ0v) is 12.6. The molecule has 0 N–H and O–H groups in total. The second kappa shape index (κ2) is 5.35. The number of nitrogens with zero attached hydrogens (tertiary/aromatic N) is 3. The third-order valence-corrected chi connectivity index (χ3v) is 3.29. The van der Waals surface area contributed by atoms with Gasteiger partial charge in [0.2, 0.25) is 2.88 Å². The Morgan fingerprint density at radius 2 is 2.33 bits per heavy atom. The number of pyridine rings is 1. The molecular weight excluding hydrogens is 365 g/mol.